The normalized spacial score (nSPS) is 10.5. The lowest BCUT2D eigenvalue weighted by Crippen LogP contribution is -2.26. The molecule has 2 aromatic rings. The van der Waals surface area contributed by atoms with Crippen LogP contribution in [0.15, 0.2) is 48.5 Å². The first-order valence-electron chi connectivity index (χ1n) is 7.81. The Bertz CT molecular complexity index is 602. The number of anilines is 1. The van der Waals surface area contributed by atoms with Gasteiger partial charge in [0.25, 0.3) is 5.91 Å². The maximum absolute atomic E-state index is 12.5. The quantitative estimate of drug-likeness (QED) is 0.882. The van der Waals surface area contributed by atoms with E-state index in [1.165, 1.54) is 18.4 Å². The van der Waals surface area contributed by atoms with Crippen LogP contribution in [0.2, 0.25) is 0 Å². The maximum atomic E-state index is 12.5. The van der Waals surface area contributed by atoms with Gasteiger partial charge in [0.1, 0.15) is 0 Å². The van der Waals surface area contributed by atoms with Crippen LogP contribution in [0, 0.1) is 0 Å². The van der Waals surface area contributed by atoms with Crippen molar-refractivity contribution >= 4 is 11.6 Å². The van der Waals surface area contributed by atoms with Gasteiger partial charge in [0.15, 0.2) is 0 Å². The van der Waals surface area contributed by atoms with Gasteiger partial charge < -0.3 is 10.6 Å². The molecule has 0 aliphatic rings. The van der Waals surface area contributed by atoms with Crippen LogP contribution in [0.5, 0.6) is 0 Å². The van der Waals surface area contributed by atoms with Gasteiger partial charge >= 0.3 is 0 Å². The van der Waals surface area contributed by atoms with Crippen LogP contribution >= 0.6 is 0 Å². The lowest BCUT2D eigenvalue weighted by Gasteiger charge is -2.18. The fourth-order valence-corrected chi connectivity index (χ4v) is 2.36. The second-order valence-electron chi connectivity index (χ2n) is 5.54. The van der Waals surface area contributed by atoms with Crippen molar-refractivity contribution in [2.75, 3.05) is 11.9 Å². The van der Waals surface area contributed by atoms with Crippen molar-refractivity contribution in [3.8, 4) is 0 Å². The van der Waals surface area contributed by atoms with Crippen molar-refractivity contribution in [2.45, 2.75) is 32.7 Å². The van der Waals surface area contributed by atoms with Gasteiger partial charge in [-0.15, -0.1) is 0 Å². The van der Waals surface area contributed by atoms with Gasteiger partial charge in [-0.2, -0.15) is 0 Å². The topological polar surface area (TPSA) is 46.3 Å². The highest BCUT2D eigenvalue weighted by atomic mass is 16.2. The zero-order valence-corrected chi connectivity index (χ0v) is 13.4. The molecule has 0 saturated carbocycles. The van der Waals surface area contributed by atoms with Crippen LogP contribution in [0.1, 0.15) is 41.3 Å². The lowest BCUT2D eigenvalue weighted by atomic mass is 10.1. The van der Waals surface area contributed by atoms with Gasteiger partial charge in [0, 0.05) is 24.8 Å². The third-order valence-corrected chi connectivity index (χ3v) is 3.88. The summed E-state index contributed by atoms with van der Waals surface area (Å²) >= 11 is 0. The molecular weight excluding hydrogens is 272 g/mol. The van der Waals surface area contributed by atoms with E-state index < -0.39 is 0 Å². The van der Waals surface area contributed by atoms with Crippen LogP contribution < -0.4 is 10.6 Å². The lowest BCUT2D eigenvalue weighted by molar-refractivity contribution is 0.0993. The second-order valence-corrected chi connectivity index (χ2v) is 5.54. The summed E-state index contributed by atoms with van der Waals surface area (Å²) in [5.74, 6) is -0.00937. The predicted octanol–water partition coefficient (Wildman–Crippen LogP) is 3.76. The standard InChI is InChI=1S/C19H24N2O/c1-3-4-5-15-8-12-18(13-9-15)21(2)19(22)17-10-6-16(14-20)7-11-17/h6-13H,3-5,14,20H2,1-2H3. The molecule has 2 N–H and O–H groups in total. The summed E-state index contributed by atoms with van der Waals surface area (Å²) in [6, 6.07) is 15.7. The summed E-state index contributed by atoms with van der Waals surface area (Å²) in [6.45, 7) is 2.68. The summed E-state index contributed by atoms with van der Waals surface area (Å²) in [7, 11) is 1.81. The molecule has 3 nitrogen and oxygen atoms in total. The van der Waals surface area contributed by atoms with E-state index in [4.69, 9.17) is 5.73 Å². The number of nitrogens with two attached hydrogens (primary N) is 1. The van der Waals surface area contributed by atoms with E-state index in [0.29, 0.717) is 12.1 Å². The molecule has 0 bridgehead atoms. The van der Waals surface area contributed by atoms with Gasteiger partial charge in [-0.25, -0.2) is 0 Å². The molecule has 1 amide bonds. The van der Waals surface area contributed by atoms with Crippen LogP contribution in [0.3, 0.4) is 0 Å². The third kappa shape index (κ3) is 3.95. The van der Waals surface area contributed by atoms with Crippen LogP contribution in [0.4, 0.5) is 5.69 Å². The van der Waals surface area contributed by atoms with Crippen molar-refractivity contribution in [3.05, 3.63) is 65.2 Å². The molecule has 0 fully saturated rings. The number of carbonyl (C=O) groups excluding carboxylic acids is 1. The molecule has 0 atom stereocenters. The molecule has 0 aliphatic heterocycles. The largest absolute Gasteiger partial charge is 0.326 e. The van der Waals surface area contributed by atoms with E-state index in [-0.39, 0.29) is 5.91 Å². The molecule has 0 radical (unpaired) electrons. The molecule has 22 heavy (non-hydrogen) atoms. The number of hydrogen-bond acceptors (Lipinski definition) is 2. The fourth-order valence-electron chi connectivity index (χ4n) is 2.36. The average molecular weight is 296 g/mol. The summed E-state index contributed by atoms with van der Waals surface area (Å²) in [4.78, 5) is 14.2. The van der Waals surface area contributed by atoms with Crippen molar-refractivity contribution in [1.29, 1.82) is 0 Å². The Labute approximate surface area is 132 Å². The number of rotatable bonds is 6. The van der Waals surface area contributed by atoms with Crippen LogP contribution in [0.25, 0.3) is 0 Å². The van der Waals surface area contributed by atoms with Gasteiger partial charge in [-0.1, -0.05) is 37.6 Å². The average Bonchev–Trinajstić information content (AvgIpc) is 2.59. The first-order valence-corrected chi connectivity index (χ1v) is 7.81. The Kier molecular flexibility index (Phi) is 5.73. The molecule has 0 heterocycles. The molecule has 0 spiro atoms. The van der Waals surface area contributed by atoms with E-state index in [1.807, 2.05) is 36.4 Å². The number of nitrogens with zero attached hydrogens (tertiary/aromatic N) is 1. The Hall–Kier alpha value is -2.13. The Morgan fingerprint density at radius 2 is 1.59 bits per heavy atom. The van der Waals surface area contributed by atoms with Gasteiger partial charge in [0.2, 0.25) is 0 Å². The molecule has 2 rings (SSSR count). The smallest absolute Gasteiger partial charge is 0.258 e. The van der Waals surface area contributed by atoms with E-state index in [1.54, 1.807) is 11.9 Å². The van der Waals surface area contributed by atoms with Crippen molar-refractivity contribution < 1.29 is 4.79 Å². The first-order chi connectivity index (χ1) is 10.7. The van der Waals surface area contributed by atoms with Crippen LogP contribution in [-0.4, -0.2) is 13.0 Å². The van der Waals surface area contributed by atoms with Crippen molar-refractivity contribution in [2.24, 2.45) is 5.73 Å². The second kappa shape index (κ2) is 7.76. The van der Waals surface area contributed by atoms with E-state index in [0.717, 1.165) is 17.7 Å². The zero-order chi connectivity index (χ0) is 15.9. The van der Waals surface area contributed by atoms with Gasteiger partial charge in [0.05, 0.1) is 0 Å². The monoisotopic (exact) mass is 296 g/mol. The highest BCUT2D eigenvalue weighted by Gasteiger charge is 2.13. The highest BCUT2D eigenvalue weighted by molar-refractivity contribution is 6.05. The zero-order valence-electron chi connectivity index (χ0n) is 13.4. The van der Waals surface area contributed by atoms with E-state index >= 15 is 0 Å². The van der Waals surface area contributed by atoms with Crippen molar-refractivity contribution in [1.82, 2.24) is 0 Å². The summed E-state index contributed by atoms with van der Waals surface area (Å²) in [6.07, 6.45) is 3.48. The van der Waals surface area contributed by atoms with E-state index in [9.17, 15) is 4.79 Å². The third-order valence-electron chi connectivity index (χ3n) is 3.88. The molecular formula is C19H24N2O. The Morgan fingerprint density at radius 3 is 2.14 bits per heavy atom. The maximum Gasteiger partial charge on any atom is 0.258 e. The number of amides is 1. The highest BCUT2D eigenvalue weighted by Crippen LogP contribution is 2.18. The number of hydrogen-bond donors (Lipinski definition) is 1. The molecule has 0 unspecified atom stereocenters. The summed E-state index contributed by atoms with van der Waals surface area (Å²) in [5, 5.41) is 0. The number of carbonyl (C=O) groups is 1. The molecule has 116 valence electrons. The Balaban J connectivity index is 2.08. The van der Waals surface area contributed by atoms with Gasteiger partial charge in [-0.05, 0) is 48.2 Å². The minimum absolute atomic E-state index is 0.00937. The summed E-state index contributed by atoms with van der Waals surface area (Å²) < 4.78 is 0. The molecule has 0 aliphatic carbocycles. The molecule has 0 saturated heterocycles. The fraction of sp³-hybridized carbons (Fsp3) is 0.316. The van der Waals surface area contributed by atoms with Gasteiger partial charge in [-0.3, -0.25) is 4.79 Å². The van der Waals surface area contributed by atoms with E-state index in [2.05, 4.69) is 19.1 Å². The molecule has 3 heteroatoms. The SMILES string of the molecule is CCCCc1ccc(N(C)C(=O)c2ccc(CN)cc2)cc1. The molecule has 2 aromatic carbocycles. The first kappa shape index (κ1) is 16.2. The molecule has 0 aromatic heterocycles. The van der Waals surface area contributed by atoms with Crippen molar-refractivity contribution in [3.63, 3.8) is 0 Å². The van der Waals surface area contributed by atoms with Crippen LogP contribution in [-0.2, 0) is 13.0 Å². The number of unbranched alkanes of at least 4 members (excludes halogenated alkanes) is 1. The minimum Gasteiger partial charge on any atom is -0.326 e. The number of benzene rings is 2. The number of aryl methyl sites for hydroxylation is 1. The predicted molar refractivity (Wildman–Crippen MR) is 92.1 cm³/mol. The minimum atomic E-state index is -0.00937. The Morgan fingerprint density at radius 1 is 1.00 bits per heavy atom. The summed E-state index contributed by atoms with van der Waals surface area (Å²) in [5.41, 5.74) is 9.51.